The average molecular weight is 222 g/mol. The largest absolute Gasteiger partial charge is 0.397 e. The second-order valence-electron chi connectivity index (χ2n) is 4.29. The molecule has 1 aromatic carbocycles. The van der Waals surface area contributed by atoms with Gasteiger partial charge in [-0.25, -0.2) is 0 Å². The van der Waals surface area contributed by atoms with Crippen molar-refractivity contribution >= 4 is 11.4 Å². The van der Waals surface area contributed by atoms with Crippen molar-refractivity contribution in [3.63, 3.8) is 0 Å². The Kier molecular flexibility index (Phi) is 5.12. The third kappa shape index (κ3) is 3.42. The Morgan fingerprint density at radius 1 is 1.38 bits per heavy atom. The fourth-order valence-corrected chi connectivity index (χ4v) is 1.79. The summed E-state index contributed by atoms with van der Waals surface area (Å²) in [6, 6.07) is 7.90. The summed E-state index contributed by atoms with van der Waals surface area (Å²) < 4.78 is 0. The van der Waals surface area contributed by atoms with E-state index in [1.54, 1.807) is 0 Å². The van der Waals surface area contributed by atoms with Gasteiger partial charge in [0, 0.05) is 19.7 Å². The fourth-order valence-electron chi connectivity index (χ4n) is 1.79. The number of nitrogens with zero attached hydrogens (tertiary/aromatic N) is 1. The maximum atomic E-state index is 9.11. The number of rotatable bonds is 6. The smallest absolute Gasteiger partial charge is 0.0600 e. The van der Waals surface area contributed by atoms with Crippen LogP contribution in [0.4, 0.5) is 11.4 Å². The van der Waals surface area contributed by atoms with Gasteiger partial charge in [-0.15, -0.1) is 0 Å². The van der Waals surface area contributed by atoms with Crippen LogP contribution >= 0.6 is 0 Å². The molecule has 0 fully saturated rings. The third-order valence-electron chi connectivity index (χ3n) is 2.61. The van der Waals surface area contributed by atoms with E-state index in [9.17, 15) is 0 Å². The quantitative estimate of drug-likeness (QED) is 0.725. The topological polar surface area (TPSA) is 49.5 Å². The molecule has 0 aliphatic carbocycles. The number of anilines is 2. The second kappa shape index (κ2) is 6.38. The molecular weight excluding hydrogens is 200 g/mol. The number of nitrogens with two attached hydrogens (primary N) is 1. The minimum Gasteiger partial charge on any atom is -0.397 e. The lowest BCUT2D eigenvalue weighted by molar-refractivity contribution is 0.239. The molecule has 0 saturated carbocycles. The number of para-hydroxylation sites is 2. The third-order valence-corrected chi connectivity index (χ3v) is 2.61. The lowest BCUT2D eigenvalue weighted by atomic mass is 10.1. The van der Waals surface area contributed by atoms with Crippen molar-refractivity contribution in [1.29, 1.82) is 0 Å². The minimum atomic E-state index is 0.215. The molecule has 3 heteroatoms. The molecule has 0 radical (unpaired) electrons. The Hall–Kier alpha value is -1.22. The maximum Gasteiger partial charge on any atom is 0.0600 e. The molecule has 1 rings (SSSR count). The van der Waals surface area contributed by atoms with Gasteiger partial charge in [0.1, 0.15) is 0 Å². The van der Waals surface area contributed by atoms with Crippen LogP contribution in [0.25, 0.3) is 0 Å². The average Bonchev–Trinajstić information content (AvgIpc) is 2.29. The highest BCUT2D eigenvalue weighted by molar-refractivity contribution is 5.67. The molecule has 1 aromatic rings. The fraction of sp³-hybridized carbons (Fsp3) is 0.538. The molecule has 3 N–H and O–H groups in total. The van der Waals surface area contributed by atoms with E-state index in [0.29, 0.717) is 0 Å². The second-order valence-corrected chi connectivity index (χ2v) is 4.29. The molecule has 3 nitrogen and oxygen atoms in total. The van der Waals surface area contributed by atoms with Crippen LogP contribution in [-0.4, -0.2) is 24.8 Å². The maximum absolute atomic E-state index is 9.11. The Labute approximate surface area is 97.9 Å². The van der Waals surface area contributed by atoms with E-state index < -0.39 is 0 Å². The lowest BCUT2D eigenvalue weighted by Crippen LogP contribution is -2.31. The Balaban J connectivity index is 2.80. The van der Waals surface area contributed by atoms with Gasteiger partial charge in [-0.3, -0.25) is 0 Å². The van der Waals surface area contributed by atoms with Crippen LogP contribution in [-0.2, 0) is 0 Å². The summed E-state index contributed by atoms with van der Waals surface area (Å²) in [5.41, 5.74) is 7.85. The lowest BCUT2D eigenvalue weighted by Gasteiger charge is -2.28. The molecule has 1 unspecified atom stereocenters. The predicted molar refractivity (Wildman–Crippen MR) is 69.6 cm³/mol. The molecule has 0 saturated heterocycles. The predicted octanol–water partition coefficient (Wildman–Crippen LogP) is 2.11. The molecule has 1 atom stereocenters. The number of nitrogen functional groups attached to an aromatic ring is 1. The first-order chi connectivity index (χ1) is 7.69. The van der Waals surface area contributed by atoms with Crippen molar-refractivity contribution < 1.29 is 5.11 Å². The van der Waals surface area contributed by atoms with Crippen LogP contribution in [0.3, 0.4) is 0 Å². The number of aliphatic hydroxyl groups is 1. The molecule has 0 aliphatic heterocycles. The van der Waals surface area contributed by atoms with E-state index in [-0.39, 0.29) is 12.5 Å². The summed E-state index contributed by atoms with van der Waals surface area (Å²) in [6.45, 7) is 6.22. The molecule has 90 valence electrons. The van der Waals surface area contributed by atoms with Crippen molar-refractivity contribution in [2.24, 2.45) is 5.92 Å². The summed E-state index contributed by atoms with van der Waals surface area (Å²) in [4.78, 5) is 2.25. The van der Waals surface area contributed by atoms with Gasteiger partial charge in [0.2, 0.25) is 0 Å². The molecule has 0 aliphatic rings. The number of benzene rings is 1. The van der Waals surface area contributed by atoms with Crippen molar-refractivity contribution in [3.05, 3.63) is 24.3 Å². The van der Waals surface area contributed by atoms with Crippen LogP contribution < -0.4 is 10.6 Å². The van der Waals surface area contributed by atoms with E-state index in [1.807, 2.05) is 31.2 Å². The van der Waals surface area contributed by atoms with Gasteiger partial charge in [0.05, 0.1) is 11.4 Å². The first-order valence-corrected chi connectivity index (χ1v) is 5.89. The van der Waals surface area contributed by atoms with Crippen LogP contribution in [0.15, 0.2) is 24.3 Å². The summed E-state index contributed by atoms with van der Waals surface area (Å²) >= 11 is 0. The Morgan fingerprint density at radius 3 is 2.62 bits per heavy atom. The van der Waals surface area contributed by atoms with Gasteiger partial charge in [0.15, 0.2) is 0 Å². The van der Waals surface area contributed by atoms with E-state index in [4.69, 9.17) is 10.8 Å². The number of hydrogen-bond donors (Lipinski definition) is 2. The monoisotopic (exact) mass is 222 g/mol. The summed E-state index contributed by atoms with van der Waals surface area (Å²) in [6.07, 6.45) is 1.08. The zero-order valence-electron chi connectivity index (χ0n) is 10.2. The highest BCUT2D eigenvalue weighted by Crippen LogP contribution is 2.23. The van der Waals surface area contributed by atoms with Crippen LogP contribution in [0, 0.1) is 5.92 Å². The summed E-state index contributed by atoms with van der Waals surface area (Å²) in [5, 5.41) is 9.11. The molecule has 0 spiro atoms. The van der Waals surface area contributed by atoms with Gasteiger partial charge in [-0.2, -0.15) is 0 Å². The Bertz CT molecular complexity index is 315. The van der Waals surface area contributed by atoms with E-state index >= 15 is 0 Å². The summed E-state index contributed by atoms with van der Waals surface area (Å²) in [7, 11) is 0. The van der Waals surface area contributed by atoms with Gasteiger partial charge < -0.3 is 15.7 Å². The molecular formula is C13H22N2O. The van der Waals surface area contributed by atoms with Crippen LogP contribution in [0.5, 0.6) is 0 Å². The molecule has 16 heavy (non-hydrogen) atoms. The van der Waals surface area contributed by atoms with Gasteiger partial charge in [0.25, 0.3) is 0 Å². The van der Waals surface area contributed by atoms with Crippen molar-refractivity contribution in [1.82, 2.24) is 0 Å². The molecule has 0 aromatic heterocycles. The highest BCUT2D eigenvalue weighted by Gasteiger charge is 2.11. The number of aliphatic hydroxyl groups excluding tert-OH is 1. The molecule has 0 amide bonds. The van der Waals surface area contributed by atoms with Gasteiger partial charge in [-0.05, 0) is 24.5 Å². The van der Waals surface area contributed by atoms with E-state index in [2.05, 4.69) is 11.8 Å². The minimum absolute atomic E-state index is 0.215. The van der Waals surface area contributed by atoms with E-state index in [0.717, 1.165) is 30.9 Å². The van der Waals surface area contributed by atoms with Crippen molar-refractivity contribution in [2.75, 3.05) is 30.3 Å². The van der Waals surface area contributed by atoms with E-state index in [1.165, 1.54) is 0 Å². The van der Waals surface area contributed by atoms with Crippen molar-refractivity contribution in [2.45, 2.75) is 20.3 Å². The van der Waals surface area contributed by atoms with Crippen LogP contribution in [0.1, 0.15) is 20.3 Å². The highest BCUT2D eigenvalue weighted by atomic mass is 16.3. The van der Waals surface area contributed by atoms with Gasteiger partial charge in [-0.1, -0.05) is 26.0 Å². The summed E-state index contributed by atoms with van der Waals surface area (Å²) in [5.74, 6) is 0.270. The SMILES string of the molecule is CCCN(CC(C)CO)c1ccccc1N. The molecule has 0 heterocycles. The van der Waals surface area contributed by atoms with Crippen LogP contribution in [0.2, 0.25) is 0 Å². The first-order valence-electron chi connectivity index (χ1n) is 5.89. The standard InChI is InChI=1S/C13H22N2O/c1-3-8-15(9-11(2)10-16)13-7-5-4-6-12(13)14/h4-7,11,16H,3,8-10,14H2,1-2H3. The molecule has 0 bridgehead atoms. The first kappa shape index (κ1) is 12.8. The normalized spacial score (nSPS) is 12.4. The number of hydrogen-bond acceptors (Lipinski definition) is 3. The Morgan fingerprint density at radius 2 is 2.06 bits per heavy atom. The van der Waals surface area contributed by atoms with Crippen molar-refractivity contribution in [3.8, 4) is 0 Å². The zero-order chi connectivity index (χ0) is 12.0. The zero-order valence-corrected chi connectivity index (χ0v) is 10.2. The van der Waals surface area contributed by atoms with Gasteiger partial charge >= 0.3 is 0 Å².